The highest BCUT2D eigenvalue weighted by molar-refractivity contribution is 7.89. The second-order valence-corrected chi connectivity index (χ2v) is 7.68. The van der Waals surface area contributed by atoms with E-state index in [2.05, 4.69) is 10.6 Å². The zero-order valence-electron chi connectivity index (χ0n) is 15.2. The Kier molecular flexibility index (Phi) is 6.16. The number of sulfonamides is 1. The minimum atomic E-state index is -3.76. The lowest BCUT2D eigenvalue weighted by molar-refractivity contribution is 0.0474. The van der Waals surface area contributed by atoms with Crippen LogP contribution in [0.1, 0.15) is 20.7 Å². The van der Waals surface area contributed by atoms with E-state index in [-0.39, 0.29) is 17.0 Å². The molecule has 0 saturated heterocycles. The Morgan fingerprint density at radius 3 is 2.38 bits per heavy atom. The number of ether oxygens (including phenoxy) is 3. The predicted molar refractivity (Wildman–Crippen MR) is 103 cm³/mol. The average Bonchev–Trinajstić information content (AvgIpc) is 2.75. The number of carbonyl (C=O) groups excluding carboxylic acids is 2. The molecular formula is C20H17NO7S. The molecule has 1 aliphatic heterocycles. The Labute approximate surface area is 167 Å². The Morgan fingerprint density at radius 2 is 1.69 bits per heavy atom. The first-order chi connectivity index (χ1) is 13.9. The number of benzene rings is 2. The maximum atomic E-state index is 12.3. The molecule has 2 aromatic carbocycles. The fraction of sp³-hybridized carbons (Fsp3) is 0.200. The maximum absolute atomic E-state index is 12.3. The summed E-state index contributed by atoms with van der Waals surface area (Å²) in [7, 11) is -3.76. The molecule has 1 aliphatic rings. The second kappa shape index (κ2) is 8.77. The molecule has 0 aromatic heterocycles. The zero-order chi connectivity index (χ0) is 20.9. The van der Waals surface area contributed by atoms with Crippen molar-refractivity contribution in [2.24, 2.45) is 0 Å². The van der Waals surface area contributed by atoms with Crippen LogP contribution in [0.4, 0.5) is 0 Å². The molecule has 0 bridgehead atoms. The first-order valence-electron chi connectivity index (χ1n) is 8.54. The minimum Gasteiger partial charge on any atom is -0.486 e. The van der Waals surface area contributed by atoms with Crippen molar-refractivity contribution in [1.29, 1.82) is 0 Å². The van der Waals surface area contributed by atoms with E-state index in [0.29, 0.717) is 30.3 Å². The van der Waals surface area contributed by atoms with E-state index in [0.717, 1.165) is 0 Å². The second-order valence-electron chi connectivity index (χ2n) is 5.91. The summed E-state index contributed by atoms with van der Waals surface area (Å²) in [6.07, 6.45) is 5.03. The Bertz CT molecular complexity index is 1070. The number of carbonyl (C=O) groups is 2. The van der Waals surface area contributed by atoms with Crippen molar-refractivity contribution in [1.82, 2.24) is 4.72 Å². The van der Waals surface area contributed by atoms with Crippen LogP contribution >= 0.6 is 0 Å². The number of hydrogen-bond acceptors (Lipinski definition) is 7. The highest BCUT2D eigenvalue weighted by Crippen LogP contribution is 2.30. The molecule has 0 radical (unpaired) electrons. The van der Waals surface area contributed by atoms with Gasteiger partial charge in [-0.25, -0.2) is 13.2 Å². The number of Topliss-reactive ketones (excluding diaryl/α,β-unsaturated/α-hetero) is 1. The summed E-state index contributed by atoms with van der Waals surface area (Å²) in [4.78, 5) is 24.4. The van der Waals surface area contributed by atoms with Crippen LogP contribution in [0.15, 0.2) is 47.4 Å². The van der Waals surface area contributed by atoms with E-state index in [9.17, 15) is 18.0 Å². The van der Waals surface area contributed by atoms with E-state index in [1.165, 1.54) is 30.3 Å². The van der Waals surface area contributed by atoms with Crippen molar-refractivity contribution < 1.29 is 32.2 Å². The van der Waals surface area contributed by atoms with Gasteiger partial charge in [-0.1, -0.05) is 5.92 Å². The average molecular weight is 415 g/mol. The number of ketones is 1. The summed E-state index contributed by atoms with van der Waals surface area (Å²) in [6.45, 7) is 0.220. The van der Waals surface area contributed by atoms with Crippen molar-refractivity contribution in [3.05, 3.63) is 53.6 Å². The topological polar surface area (TPSA) is 108 Å². The Hall–Kier alpha value is -3.35. The number of esters is 1. The molecule has 29 heavy (non-hydrogen) atoms. The molecule has 0 aliphatic carbocycles. The molecule has 0 unspecified atom stereocenters. The summed E-state index contributed by atoms with van der Waals surface area (Å²) in [5.74, 6) is 2.02. The van der Waals surface area contributed by atoms with Gasteiger partial charge in [0.05, 0.1) is 17.0 Å². The van der Waals surface area contributed by atoms with E-state index >= 15 is 0 Å². The monoisotopic (exact) mass is 415 g/mol. The standard InChI is InChI=1S/C20H17NO7S/c1-2-9-21-29(24,25)16-6-3-14(4-7-16)20(23)28-13-17(22)15-5-8-18-19(12-15)27-11-10-26-18/h1,3-8,12,21H,9-11,13H2. The fourth-order valence-corrected chi connectivity index (χ4v) is 3.44. The van der Waals surface area contributed by atoms with Gasteiger partial charge in [-0.05, 0) is 42.5 Å². The van der Waals surface area contributed by atoms with Crippen LogP contribution in [0, 0.1) is 12.3 Å². The lowest BCUT2D eigenvalue weighted by Gasteiger charge is -2.18. The van der Waals surface area contributed by atoms with Crippen LogP contribution in [0.25, 0.3) is 0 Å². The SMILES string of the molecule is C#CCNS(=O)(=O)c1ccc(C(=O)OCC(=O)c2ccc3c(c2)OCCO3)cc1. The van der Waals surface area contributed by atoms with E-state index in [1.807, 2.05) is 0 Å². The molecule has 1 N–H and O–H groups in total. The number of hydrogen-bond donors (Lipinski definition) is 1. The van der Waals surface area contributed by atoms with Gasteiger partial charge in [-0.2, -0.15) is 4.72 Å². The molecular weight excluding hydrogens is 398 g/mol. The number of fused-ring (bicyclic) bond motifs is 1. The van der Waals surface area contributed by atoms with Crippen LogP contribution in [-0.2, 0) is 14.8 Å². The van der Waals surface area contributed by atoms with E-state index < -0.39 is 28.4 Å². The summed E-state index contributed by atoms with van der Waals surface area (Å²) in [6, 6.07) is 9.80. The zero-order valence-corrected chi connectivity index (χ0v) is 16.0. The molecule has 0 amide bonds. The third-order valence-corrected chi connectivity index (χ3v) is 5.38. The van der Waals surface area contributed by atoms with Gasteiger partial charge in [0, 0.05) is 5.56 Å². The highest BCUT2D eigenvalue weighted by Gasteiger charge is 2.18. The van der Waals surface area contributed by atoms with Gasteiger partial charge in [-0.3, -0.25) is 4.79 Å². The molecule has 3 rings (SSSR count). The van der Waals surface area contributed by atoms with Crippen molar-refractivity contribution in [3.63, 3.8) is 0 Å². The lowest BCUT2D eigenvalue weighted by Crippen LogP contribution is -2.24. The molecule has 2 aromatic rings. The quantitative estimate of drug-likeness (QED) is 0.414. The summed E-state index contributed by atoms with van der Waals surface area (Å²) < 4.78 is 42.0. The molecule has 9 heteroatoms. The first kappa shape index (κ1) is 20.4. The molecule has 8 nitrogen and oxygen atoms in total. The largest absolute Gasteiger partial charge is 0.486 e. The summed E-state index contributed by atoms with van der Waals surface area (Å²) >= 11 is 0. The summed E-state index contributed by atoms with van der Waals surface area (Å²) in [5.41, 5.74) is 0.430. The van der Waals surface area contributed by atoms with Crippen molar-refractivity contribution in [3.8, 4) is 23.8 Å². The highest BCUT2D eigenvalue weighted by atomic mass is 32.2. The van der Waals surface area contributed by atoms with Crippen LogP contribution in [0.3, 0.4) is 0 Å². The van der Waals surface area contributed by atoms with Gasteiger partial charge < -0.3 is 14.2 Å². The van der Waals surface area contributed by atoms with E-state index in [4.69, 9.17) is 20.6 Å². The lowest BCUT2D eigenvalue weighted by atomic mass is 10.1. The van der Waals surface area contributed by atoms with Crippen LogP contribution < -0.4 is 14.2 Å². The predicted octanol–water partition coefficient (Wildman–Crippen LogP) is 1.41. The van der Waals surface area contributed by atoms with E-state index in [1.54, 1.807) is 12.1 Å². The van der Waals surface area contributed by atoms with Gasteiger partial charge in [0.2, 0.25) is 10.0 Å². The molecule has 0 fully saturated rings. The molecule has 0 saturated carbocycles. The molecule has 1 heterocycles. The number of rotatable bonds is 7. The fourth-order valence-electron chi connectivity index (χ4n) is 2.50. The molecule has 0 atom stereocenters. The maximum Gasteiger partial charge on any atom is 0.338 e. The summed E-state index contributed by atoms with van der Waals surface area (Å²) in [5, 5.41) is 0. The van der Waals surface area contributed by atoms with Crippen LogP contribution in [-0.4, -0.2) is 46.5 Å². The van der Waals surface area contributed by atoms with Crippen molar-refractivity contribution in [2.45, 2.75) is 4.90 Å². The number of terminal acetylenes is 1. The molecule has 150 valence electrons. The Balaban J connectivity index is 1.60. The van der Waals surface area contributed by atoms with Gasteiger partial charge in [0.1, 0.15) is 13.2 Å². The van der Waals surface area contributed by atoms with Gasteiger partial charge in [-0.15, -0.1) is 6.42 Å². The normalized spacial score (nSPS) is 12.7. The minimum absolute atomic E-state index is 0.0448. The smallest absolute Gasteiger partial charge is 0.338 e. The van der Waals surface area contributed by atoms with Crippen LogP contribution in [0.5, 0.6) is 11.5 Å². The Morgan fingerprint density at radius 1 is 1.03 bits per heavy atom. The van der Waals surface area contributed by atoms with Gasteiger partial charge in [0.15, 0.2) is 23.9 Å². The van der Waals surface area contributed by atoms with Gasteiger partial charge >= 0.3 is 5.97 Å². The van der Waals surface area contributed by atoms with Crippen molar-refractivity contribution in [2.75, 3.05) is 26.4 Å². The van der Waals surface area contributed by atoms with Crippen LogP contribution in [0.2, 0.25) is 0 Å². The third-order valence-electron chi connectivity index (χ3n) is 3.96. The van der Waals surface area contributed by atoms with Gasteiger partial charge in [0.25, 0.3) is 0 Å². The third kappa shape index (κ3) is 4.93. The van der Waals surface area contributed by atoms with Crippen molar-refractivity contribution >= 4 is 21.8 Å². The molecule has 0 spiro atoms. The number of nitrogens with one attached hydrogen (secondary N) is 1. The first-order valence-corrected chi connectivity index (χ1v) is 10.0.